The fraction of sp³-hybridized carbons (Fsp3) is 0.318. The molecule has 1 aliphatic rings. The number of hydrogen-bond acceptors (Lipinski definition) is 4. The topological polar surface area (TPSA) is 53.9 Å². The lowest BCUT2D eigenvalue weighted by Crippen LogP contribution is -2.37. The molecule has 3 aromatic rings. The summed E-state index contributed by atoms with van der Waals surface area (Å²) in [4.78, 5) is 19.5. The van der Waals surface area contributed by atoms with Crippen LogP contribution in [-0.2, 0) is 6.67 Å². The number of carbonyl (C=O) groups excluding carboxylic acids is 1. The normalized spacial score (nSPS) is 15.6. The number of aromatic nitrogens is 3. The van der Waals surface area contributed by atoms with Crippen molar-refractivity contribution in [1.82, 2.24) is 19.7 Å². The van der Waals surface area contributed by atoms with Gasteiger partial charge in [0.2, 0.25) is 4.77 Å². The summed E-state index contributed by atoms with van der Waals surface area (Å²) in [5.41, 5.74) is 3.07. The Kier molecular flexibility index (Phi) is 5.50. The number of hydrogen-bond donors (Lipinski definition) is 1. The maximum absolute atomic E-state index is 12.6. The molecule has 2 aromatic carbocycles. The van der Waals surface area contributed by atoms with Gasteiger partial charge in [0, 0.05) is 30.1 Å². The predicted molar refractivity (Wildman–Crippen MR) is 113 cm³/mol. The quantitative estimate of drug-likeness (QED) is 0.514. The minimum atomic E-state index is 0.108. The van der Waals surface area contributed by atoms with Crippen molar-refractivity contribution in [2.45, 2.75) is 26.4 Å². The lowest BCUT2D eigenvalue weighted by molar-refractivity contribution is 0.0803. The van der Waals surface area contributed by atoms with Crippen LogP contribution in [0.15, 0.2) is 54.6 Å². The van der Waals surface area contributed by atoms with Crippen LogP contribution in [0, 0.1) is 17.6 Å². The summed E-state index contributed by atoms with van der Waals surface area (Å²) >= 11 is 5.44. The monoisotopic (exact) mass is 392 g/mol. The second-order valence-corrected chi connectivity index (χ2v) is 7.78. The molecule has 1 fully saturated rings. The fourth-order valence-corrected chi connectivity index (χ4v) is 3.86. The van der Waals surface area contributed by atoms with Crippen LogP contribution in [-0.4, -0.2) is 38.5 Å². The number of benzene rings is 2. The number of nitrogens with one attached hydrogen (secondary N) is 1. The molecule has 0 bridgehead atoms. The molecule has 0 unspecified atom stereocenters. The number of Topliss-reactive ketones (excluding diaryl/α,β-unsaturated/α-hetero) is 1. The standard InChI is InChI=1S/C22H24N4OS/c1-16-7-9-19(10-8-16)21-23-22(28)26(24-21)15-25-13-11-18(12-14-25)20(27)17-5-3-2-4-6-17/h2-10,18H,11-15H2,1H3,(H,23,24,28). The number of aryl methyl sites for hydroxylation is 1. The van der Waals surface area contributed by atoms with Crippen molar-refractivity contribution in [2.75, 3.05) is 13.1 Å². The van der Waals surface area contributed by atoms with Gasteiger partial charge in [0.05, 0.1) is 6.67 Å². The van der Waals surface area contributed by atoms with Crippen LogP contribution < -0.4 is 0 Å². The van der Waals surface area contributed by atoms with E-state index in [1.165, 1.54) is 5.56 Å². The van der Waals surface area contributed by atoms with Crippen molar-refractivity contribution in [3.63, 3.8) is 0 Å². The third-order valence-corrected chi connectivity index (χ3v) is 5.67. The first-order chi connectivity index (χ1) is 13.6. The molecule has 1 saturated heterocycles. The van der Waals surface area contributed by atoms with Crippen LogP contribution in [0.4, 0.5) is 0 Å². The van der Waals surface area contributed by atoms with Crippen molar-refractivity contribution < 1.29 is 4.79 Å². The van der Waals surface area contributed by atoms with Crippen LogP contribution >= 0.6 is 12.2 Å². The van der Waals surface area contributed by atoms with E-state index in [0.29, 0.717) is 11.4 Å². The number of likely N-dealkylation sites (tertiary alicyclic amines) is 1. The molecule has 1 aromatic heterocycles. The highest BCUT2D eigenvalue weighted by Gasteiger charge is 2.26. The molecule has 1 N–H and O–H groups in total. The van der Waals surface area contributed by atoms with Gasteiger partial charge in [-0.05, 0) is 32.0 Å². The molecule has 2 heterocycles. The number of ketones is 1. The summed E-state index contributed by atoms with van der Waals surface area (Å²) in [7, 11) is 0. The Balaban J connectivity index is 1.38. The number of piperidine rings is 1. The molecular weight excluding hydrogens is 368 g/mol. The van der Waals surface area contributed by atoms with Gasteiger partial charge in [-0.25, -0.2) is 4.68 Å². The van der Waals surface area contributed by atoms with Crippen molar-refractivity contribution in [1.29, 1.82) is 0 Å². The first kappa shape index (κ1) is 18.8. The summed E-state index contributed by atoms with van der Waals surface area (Å²) in [6.45, 7) is 4.49. The summed E-state index contributed by atoms with van der Waals surface area (Å²) in [6.07, 6.45) is 1.75. The van der Waals surface area contributed by atoms with E-state index in [1.54, 1.807) is 0 Å². The van der Waals surface area contributed by atoms with Crippen LogP contribution in [0.3, 0.4) is 0 Å². The van der Waals surface area contributed by atoms with Gasteiger partial charge in [-0.2, -0.15) is 4.98 Å². The van der Waals surface area contributed by atoms with Crippen molar-refractivity contribution in [3.8, 4) is 11.4 Å². The molecule has 6 heteroatoms. The molecule has 5 nitrogen and oxygen atoms in total. The van der Waals surface area contributed by atoms with Gasteiger partial charge in [-0.3, -0.25) is 14.8 Å². The summed E-state index contributed by atoms with van der Waals surface area (Å²) in [5.74, 6) is 1.16. The smallest absolute Gasteiger partial charge is 0.217 e. The summed E-state index contributed by atoms with van der Waals surface area (Å²) in [5, 5.41) is 3.32. The zero-order chi connectivity index (χ0) is 19.5. The summed E-state index contributed by atoms with van der Waals surface area (Å²) in [6, 6.07) is 17.8. The highest BCUT2D eigenvalue weighted by Crippen LogP contribution is 2.22. The zero-order valence-electron chi connectivity index (χ0n) is 16.0. The van der Waals surface area contributed by atoms with E-state index in [9.17, 15) is 4.79 Å². The Morgan fingerprint density at radius 1 is 1.11 bits per heavy atom. The van der Waals surface area contributed by atoms with Gasteiger partial charge in [0.25, 0.3) is 0 Å². The minimum Gasteiger partial charge on any atom is -0.294 e. The molecule has 0 radical (unpaired) electrons. The average molecular weight is 393 g/mol. The number of rotatable bonds is 5. The second kappa shape index (κ2) is 8.20. The van der Waals surface area contributed by atoms with E-state index in [1.807, 2.05) is 47.1 Å². The SMILES string of the molecule is Cc1ccc(-c2nc(=S)n(CN3CCC(C(=O)c4ccccc4)CC3)[nH]2)cc1. The Morgan fingerprint density at radius 3 is 2.46 bits per heavy atom. The number of aromatic amines is 1. The maximum Gasteiger partial charge on any atom is 0.217 e. The summed E-state index contributed by atoms with van der Waals surface area (Å²) < 4.78 is 2.46. The third kappa shape index (κ3) is 4.13. The van der Waals surface area contributed by atoms with Crippen LogP contribution in [0.2, 0.25) is 0 Å². The molecule has 144 valence electrons. The lowest BCUT2D eigenvalue weighted by Gasteiger charge is -2.31. The molecule has 0 saturated carbocycles. The Bertz CT molecular complexity index is 999. The van der Waals surface area contributed by atoms with E-state index < -0.39 is 0 Å². The molecule has 1 aliphatic heterocycles. The minimum absolute atomic E-state index is 0.108. The van der Waals surface area contributed by atoms with Gasteiger partial charge in [0.1, 0.15) is 0 Å². The predicted octanol–water partition coefficient (Wildman–Crippen LogP) is 4.47. The number of carbonyl (C=O) groups is 1. The average Bonchev–Trinajstić information content (AvgIpc) is 3.09. The Morgan fingerprint density at radius 2 is 1.79 bits per heavy atom. The van der Waals surface area contributed by atoms with Crippen molar-refractivity contribution in [3.05, 3.63) is 70.5 Å². The largest absolute Gasteiger partial charge is 0.294 e. The van der Waals surface area contributed by atoms with Gasteiger partial charge in [0.15, 0.2) is 11.6 Å². The highest BCUT2D eigenvalue weighted by molar-refractivity contribution is 7.71. The molecule has 0 atom stereocenters. The number of H-pyrrole nitrogens is 1. The van der Waals surface area contributed by atoms with E-state index in [0.717, 1.165) is 42.9 Å². The molecule has 0 aliphatic carbocycles. The van der Waals surface area contributed by atoms with E-state index >= 15 is 0 Å². The first-order valence-electron chi connectivity index (χ1n) is 9.65. The van der Waals surface area contributed by atoms with Crippen molar-refractivity contribution >= 4 is 18.0 Å². The van der Waals surface area contributed by atoms with Crippen LogP contribution in [0.1, 0.15) is 28.8 Å². The van der Waals surface area contributed by atoms with E-state index in [2.05, 4.69) is 34.0 Å². The zero-order valence-corrected chi connectivity index (χ0v) is 16.8. The highest BCUT2D eigenvalue weighted by atomic mass is 32.1. The molecule has 0 amide bonds. The van der Waals surface area contributed by atoms with Gasteiger partial charge < -0.3 is 0 Å². The second-order valence-electron chi connectivity index (χ2n) is 7.41. The maximum atomic E-state index is 12.6. The lowest BCUT2D eigenvalue weighted by atomic mass is 9.89. The number of nitrogens with zero attached hydrogens (tertiary/aromatic N) is 3. The Hall–Kier alpha value is -2.57. The van der Waals surface area contributed by atoms with Gasteiger partial charge in [-0.15, -0.1) is 0 Å². The fourth-order valence-electron chi connectivity index (χ4n) is 3.67. The van der Waals surface area contributed by atoms with Crippen LogP contribution in [0.25, 0.3) is 11.4 Å². The van der Waals surface area contributed by atoms with Gasteiger partial charge in [-0.1, -0.05) is 60.2 Å². The van der Waals surface area contributed by atoms with E-state index in [4.69, 9.17) is 12.2 Å². The van der Waals surface area contributed by atoms with Gasteiger partial charge >= 0.3 is 0 Å². The molecule has 0 spiro atoms. The van der Waals surface area contributed by atoms with Crippen LogP contribution in [0.5, 0.6) is 0 Å². The Labute approximate surface area is 170 Å². The first-order valence-corrected chi connectivity index (χ1v) is 10.1. The third-order valence-electron chi connectivity index (χ3n) is 5.36. The molecule has 28 heavy (non-hydrogen) atoms. The molecule has 4 rings (SSSR count). The van der Waals surface area contributed by atoms with E-state index in [-0.39, 0.29) is 11.7 Å². The van der Waals surface area contributed by atoms with Crippen molar-refractivity contribution in [2.24, 2.45) is 5.92 Å². The molecular formula is C22H24N4OS.